The van der Waals surface area contributed by atoms with E-state index in [0.717, 1.165) is 5.56 Å². The van der Waals surface area contributed by atoms with Crippen LogP contribution >= 0.6 is 0 Å². The van der Waals surface area contributed by atoms with E-state index in [4.69, 9.17) is 0 Å². The van der Waals surface area contributed by atoms with Crippen LogP contribution in [0.3, 0.4) is 0 Å². The Morgan fingerprint density at radius 3 is 2.75 bits per heavy atom. The van der Waals surface area contributed by atoms with Crippen molar-refractivity contribution in [2.45, 2.75) is 33.0 Å². The molecular weight excluding hydrogens is 258 g/mol. The first-order chi connectivity index (χ1) is 9.40. The first kappa shape index (κ1) is 14.5. The van der Waals surface area contributed by atoms with Crippen molar-refractivity contribution in [2.24, 2.45) is 5.92 Å². The van der Waals surface area contributed by atoms with Crippen LogP contribution in [-0.2, 0) is 4.79 Å². The van der Waals surface area contributed by atoms with Gasteiger partial charge >= 0.3 is 0 Å². The minimum absolute atomic E-state index is 0.0372. The summed E-state index contributed by atoms with van der Waals surface area (Å²) in [5, 5.41) is 14.1. The maximum atomic E-state index is 12.2. The molecule has 2 rings (SSSR count). The fraction of sp³-hybridized carbons (Fsp3) is 0.500. The monoisotopic (exact) mass is 277 g/mol. The second-order valence-corrected chi connectivity index (χ2v) is 5.53. The van der Waals surface area contributed by atoms with Crippen LogP contribution < -0.4 is 5.32 Å². The van der Waals surface area contributed by atoms with Gasteiger partial charge in [-0.1, -0.05) is 26.0 Å². The van der Waals surface area contributed by atoms with Crippen LogP contribution in [0.15, 0.2) is 24.3 Å². The molecule has 1 aromatic carbocycles. The van der Waals surface area contributed by atoms with Gasteiger partial charge < -0.3 is 4.90 Å². The predicted molar refractivity (Wildman–Crippen MR) is 75.0 cm³/mol. The lowest BCUT2D eigenvalue weighted by Crippen LogP contribution is -2.33. The molecule has 0 aliphatic carbocycles. The van der Waals surface area contributed by atoms with E-state index < -0.39 is 4.92 Å². The zero-order chi connectivity index (χ0) is 14.9. The van der Waals surface area contributed by atoms with E-state index in [9.17, 15) is 14.9 Å². The van der Waals surface area contributed by atoms with E-state index in [1.54, 1.807) is 11.0 Å². The smallest absolute Gasteiger partial charge is 0.269 e. The molecular formula is C14H19N3O3. The number of carbonyl (C=O) groups excluding carboxylic acids is 1. The van der Waals surface area contributed by atoms with Gasteiger partial charge in [0.25, 0.3) is 5.69 Å². The predicted octanol–water partition coefficient (Wildman–Crippen LogP) is 2.07. The molecule has 20 heavy (non-hydrogen) atoms. The van der Waals surface area contributed by atoms with Gasteiger partial charge in [-0.2, -0.15) is 0 Å². The molecule has 1 saturated heterocycles. The topological polar surface area (TPSA) is 75.5 Å². The average Bonchev–Trinajstić information content (AvgIpc) is 2.66. The third kappa shape index (κ3) is 2.80. The van der Waals surface area contributed by atoms with Crippen molar-refractivity contribution in [1.82, 2.24) is 10.2 Å². The molecule has 0 spiro atoms. The lowest BCUT2D eigenvalue weighted by Gasteiger charge is -2.26. The van der Waals surface area contributed by atoms with Crippen molar-refractivity contribution in [3.8, 4) is 0 Å². The van der Waals surface area contributed by atoms with Gasteiger partial charge in [-0.05, 0) is 18.4 Å². The van der Waals surface area contributed by atoms with Crippen LogP contribution in [0.25, 0.3) is 0 Å². The van der Waals surface area contributed by atoms with Crippen LogP contribution in [0.2, 0.25) is 0 Å². The summed E-state index contributed by atoms with van der Waals surface area (Å²) in [7, 11) is 0. The highest BCUT2D eigenvalue weighted by molar-refractivity contribution is 5.84. The molecule has 0 saturated carbocycles. The summed E-state index contributed by atoms with van der Waals surface area (Å²) in [6.45, 7) is 6.53. The molecule has 1 aromatic rings. The number of amides is 1. The quantitative estimate of drug-likeness (QED) is 0.675. The van der Waals surface area contributed by atoms with E-state index in [-0.39, 0.29) is 23.8 Å². The number of nitrogens with one attached hydrogen (secondary N) is 1. The van der Waals surface area contributed by atoms with Crippen LogP contribution in [-0.4, -0.2) is 28.3 Å². The summed E-state index contributed by atoms with van der Waals surface area (Å²) < 4.78 is 0. The number of nitro groups is 1. The molecule has 1 heterocycles. The average molecular weight is 277 g/mol. The van der Waals surface area contributed by atoms with Gasteiger partial charge in [-0.3, -0.25) is 20.2 Å². The van der Waals surface area contributed by atoms with Gasteiger partial charge in [0.15, 0.2) is 0 Å². The third-order valence-corrected chi connectivity index (χ3v) is 3.33. The van der Waals surface area contributed by atoms with Gasteiger partial charge in [0.2, 0.25) is 5.91 Å². The second kappa shape index (κ2) is 5.58. The summed E-state index contributed by atoms with van der Waals surface area (Å²) in [6, 6.07) is 6.17. The van der Waals surface area contributed by atoms with Gasteiger partial charge in [0, 0.05) is 18.7 Å². The fourth-order valence-corrected chi connectivity index (χ4v) is 2.45. The normalized spacial score (nSPS) is 22.6. The highest BCUT2D eigenvalue weighted by atomic mass is 16.6. The Bertz CT molecular complexity index is 530. The zero-order valence-electron chi connectivity index (χ0n) is 11.9. The largest absolute Gasteiger partial charge is 0.321 e. The number of carbonyl (C=O) groups is 1. The van der Waals surface area contributed by atoms with Crippen LogP contribution in [0.5, 0.6) is 0 Å². The van der Waals surface area contributed by atoms with E-state index in [2.05, 4.69) is 5.32 Å². The second-order valence-electron chi connectivity index (χ2n) is 5.53. The number of rotatable bonds is 4. The van der Waals surface area contributed by atoms with Crippen molar-refractivity contribution in [3.63, 3.8) is 0 Å². The van der Waals surface area contributed by atoms with E-state index in [1.807, 2.05) is 26.8 Å². The van der Waals surface area contributed by atoms with E-state index >= 15 is 0 Å². The van der Waals surface area contributed by atoms with Gasteiger partial charge in [0.1, 0.15) is 6.17 Å². The number of benzene rings is 1. The molecule has 1 aliphatic rings. The number of hydrogen-bond acceptors (Lipinski definition) is 4. The Morgan fingerprint density at radius 2 is 2.15 bits per heavy atom. The van der Waals surface area contributed by atoms with Crippen molar-refractivity contribution >= 4 is 11.6 Å². The SMILES string of the molecule is CC(C)CN1C(=O)C(C)NC1c1cccc([N+](=O)[O-])c1. The minimum Gasteiger partial charge on any atom is -0.321 e. The molecule has 6 nitrogen and oxygen atoms in total. The van der Waals surface area contributed by atoms with E-state index in [0.29, 0.717) is 12.5 Å². The molecule has 0 radical (unpaired) electrons. The number of nitro benzene ring substituents is 1. The Balaban J connectivity index is 2.32. The van der Waals surface area contributed by atoms with Crippen molar-refractivity contribution in [3.05, 3.63) is 39.9 Å². The molecule has 0 aromatic heterocycles. The molecule has 1 fully saturated rings. The molecule has 6 heteroatoms. The first-order valence-corrected chi connectivity index (χ1v) is 6.71. The molecule has 1 aliphatic heterocycles. The first-order valence-electron chi connectivity index (χ1n) is 6.71. The molecule has 0 bridgehead atoms. The molecule has 2 unspecified atom stereocenters. The van der Waals surface area contributed by atoms with Crippen LogP contribution in [0, 0.1) is 16.0 Å². The number of hydrogen-bond donors (Lipinski definition) is 1. The summed E-state index contributed by atoms with van der Waals surface area (Å²) in [5.41, 5.74) is 0.790. The van der Waals surface area contributed by atoms with Gasteiger partial charge in [-0.25, -0.2) is 0 Å². The minimum atomic E-state index is -0.420. The summed E-state index contributed by atoms with van der Waals surface area (Å²) in [6.07, 6.45) is -0.292. The molecule has 1 amide bonds. The Kier molecular flexibility index (Phi) is 4.04. The van der Waals surface area contributed by atoms with Gasteiger partial charge in [-0.15, -0.1) is 0 Å². The summed E-state index contributed by atoms with van der Waals surface area (Å²) in [4.78, 5) is 24.4. The third-order valence-electron chi connectivity index (χ3n) is 3.33. The number of non-ortho nitro benzene ring substituents is 1. The Labute approximate surface area is 117 Å². The lowest BCUT2D eigenvalue weighted by molar-refractivity contribution is -0.385. The maximum Gasteiger partial charge on any atom is 0.269 e. The zero-order valence-corrected chi connectivity index (χ0v) is 11.9. The van der Waals surface area contributed by atoms with E-state index in [1.165, 1.54) is 12.1 Å². The van der Waals surface area contributed by atoms with Crippen molar-refractivity contribution < 1.29 is 9.72 Å². The highest BCUT2D eigenvalue weighted by Gasteiger charge is 2.37. The summed E-state index contributed by atoms with van der Waals surface area (Å²) >= 11 is 0. The standard InChI is InChI=1S/C14H19N3O3/c1-9(2)8-16-13(15-10(3)14(16)18)11-5-4-6-12(7-11)17(19)20/h4-7,9-10,13,15H,8H2,1-3H3. The van der Waals surface area contributed by atoms with Crippen LogP contribution in [0.1, 0.15) is 32.5 Å². The van der Waals surface area contributed by atoms with Crippen molar-refractivity contribution in [2.75, 3.05) is 6.54 Å². The van der Waals surface area contributed by atoms with Crippen LogP contribution in [0.4, 0.5) is 5.69 Å². The highest BCUT2D eigenvalue weighted by Crippen LogP contribution is 2.28. The summed E-state index contributed by atoms with van der Waals surface area (Å²) in [5.74, 6) is 0.377. The van der Waals surface area contributed by atoms with Crippen molar-refractivity contribution in [1.29, 1.82) is 0 Å². The Hall–Kier alpha value is -1.95. The van der Waals surface area contributed by atoms with Gasteiger partial charge in [0.05, 0.1) is 11.0 Å². The fourth-order valence-electron chi connectivity index (χ4n) is 2.45. The lowest BCUT2D eigenvalue weighted by atomic mass is 10.1. The molecule has 108 valence electrons. The molecule has 1 N–H and O–H groups in total. The maximum absolute atomic E-state index is 12.2. The Morgan fingerprint density at radius 1 is 1.45 bits per heavy atom. The number of nitrogens with zero attached hydrogens (tertiary/aromatic N) is 2. The molecule has 2 atom stereocenters.